The molecule has 0 aromatic carbocycles. The van der Waals surface area contributed by atoms with E-state index in [1.807, 2.05) is 9.80 Å². The molecule has 0 radical (unpaired) electrons. The molecule has 2 N–H and O–H groups in total. The van der Waals surface area contributed by atoms with E-state index in [1.165, 1.54) is 51.9 Å². The second-order valence-corrected chi connectivity index (χ2v) is 10.2. The van der Waals surface area contributed by atoms with Gasteiger partial charge in [0.1, 0.15) is 26.2 Å². The molecule has 0 aromatic heterocycles. The molecule has 0 aromatic rings. The first kappa shape index (κ1) is 15.2. The van der Waals surface area contributed by atoms with Gasteiger partial charge in [-0.1, -0.05) is 6.92 Å². The van der Waals surface area contributed by atoms with E-state index in [0.717, 1.165) is 41.7 Å². The topological polar surface area (TPSA) is 8.88 Å². The molecule has 2 nitrogen and oxygen atoms in total. The highest BCUT2D eigenvalue weighted by molar-refractivity contribution is 4.98. The third kappa shape index (κ3) is 2.78. The van der Waals surface area contributed by atoms with Gasteiger partial charge in [0, 0.05) is 11.8 Å². The molecule has 6 fully saturated rings. The lowest BCUT2D eigenvalue weighted by molar-refractivity contribution is -1.04. The average Bonchev–Trinajstić information content (AvgIpc) is 2.55. The van der Waals surface area contributed by atoms with Crippen LogP contribution < -0.4 is 9.80 Å². The molecule has 0 amide bonds. The third-order valence-electron chi connectivity index (χ3n) is 8.83. The molecule has 2 heteroatoms. The lowest BCUT2D eigenvalue weighted by Crippen LogP contribution is -3.31. The Morgan fingerprint density at radius 3 is 1.70 bits per heavy atom. The summed E-state index contributed by atoms with van der Waals surface area (Å²) in [6.07, 6.45) is 14.1. The van der Waals surface area contributed by atoms with Gasteiger partial charge in [-0.15, -0.1) is 0 Å². The molecule has 23 heavy (non-hydrogen) atoms. The van der Waals surface area contributed by atoms with Crippen molar-refractivity contribution < 1.29 is 9.80 Å². The van der Waals surface area contributed by atoms with Gasteiger partial charge in [0.15, 0.2) is 0 Å². The van der Waals surface area contributed by atoms with E-state index >= 15 is 0 Å². The first-order valence-electron chi connectivity index (χ1n) is 11.0. The van der Waals surface area contributed by atoms with Crippen LogP contribution in [-0.4, -0.2) is 38.3 Å². The largest absolute Gasteiger partial charge is 0.323 e. The van der Waals surface area contributed by atoms with E-state index in [0.29, 0.717) is 0 Å². The maximum Gasteiger partial charge on any atom is 0.127 e. The summed E-state index contributed by atoms with van der Waals surface area (Å²) in [5.41, 5.74) is 0. The zero-order valence-electron chi connectivity index (χ0n) is 15.2. The van der Waals surface area contributed by atoms with Crippen molar-refractivity contribution in [3.63, 3.8) is 0 Å². The van der Waals surface area contributed by atoms with Gasteiger partial charge in [-0.05, 0) is 75.5 Å². The fourth-order valence-corrected chi connectivity index (χ4v) is 7.89. The van der Waals surface area contributed by atoms with Crippen molar-refractivity contribution in [1.82, 2.24) is 0 Å². The lowest BCUT2D eigenvalue weighted by Gasteiger charge is -2.56. The number of piperazine rings is 1. The second kappa shape index (κ2) is 6.02. The van der Waals surface area contributed by atoms with Crippen molar-refractivity contribution >= 4 is 0 Å². The van der Waals surface area contributed by atoms with Gasteiger partial charge in [-0.25, -0.2) is 0 Å². The summed E-state index contributed by atoms with van der Waals surface area (Å²) in [6, 6.07) is 2.10. The van der Waals surface area contributed by atoms with Crippen LogP contribution in [0.3, 0.4) is 0 Å². The molecular weight excluding hydrogens is 280 g/mol. The molecule has 0 spiro atoms. The van der Waals surface area contributed by atoms with Crippen LogP contribution in [0.25, 0.3) is 0 Å². The molecule has 0 atom stereocenters. The van der Waals surface area contributed by atoms with Crippen LogP contribution in [0.15, 0.2) is 0 Å². The minimum absolute atomic E-state index is 1.01. The molecule has 1 heterocycles. The fourth-order valence-electron chi connectivity index (χ4n) is 7.89. The van der Waals surface area contributed by atoms with Crippen molar-refractivity contribution in [2.75, 3.05) is 26.2 Å². The molecule has 5 aliphatic carbocycles. The Morgan fingerprint density at radius 1 is 0.609 bits per heavy atom. The molecule has 130 valence electrons. The van der Waals surface area contributed by atoms with Crippen LogP contribution in [0.2, 0.25) is 0 Å². The number of hydrogen-bond donors (Lipinski definition) is 2. The van der Waals surface area contributed by atoms with Crippen LogP contribution in [0.5, 0.6) is 0 Å². The molecule has 5 saturated carbocycles. The van der Waals surface area contributed by atoms with Gasteiger partial charge in [0.2, 0.25) is 0 Å². The maximum atomic E-state index is 2.46. The molecular formula is C21H38N2+2. The minimum Gasteiger partial charge on any atom is -0.323 e. The number of quaternary nitrogens is 2. The number of hydrogen-bond acceptors (Lipinski definition) is 0. The van der Waals surface area contributed by atoms with Gasteiger partial charge < -0.3 is 9.80 Å². The highest BCUT2D eigenvalue weighted by atomic mass is 15.3. The van der Waals surface area contributed by atoms with E-state index in [9.17, 15) is 0 Å². The summed E-state index contributed by atoms with van der Waals surface area (Å²) in [6.45, 7) is 8.41. The predicted octanol–water partition coefficient (Wildman–Crippen LogP) is 1.17. The lowest BCUT2D eigenvalue weighted by atomic mass is 9.54. The van der Waals surface area contributed by atoms with Crippen molar-refractivity contribution in [2.24, 2.45) is 29.6 Å². The smallest absolute Gasteiger partial charge is 0.127 e. The molecule has 6 rings (SSSR count). The second-order valence-electron chi connectivity index (χ2n) is 10.2. The van der Waals surface area contributed by atoms with Crippen molar-refractivity contribution in [3.05, 3.63) is 0 Å². The summed E-state index contributed by atoms with van der Waals surface area (Å²) in [5.74, 6) is 5.54. The Morgan fingerprint density at radius 2 is 1.13 bits per heavy atom. The van der Waals surface area contributed by atoms with Crippen LogP contribution >= 0.6 is 0 Å². The van der Waals surface area contributed by atoms with Crippen LogP contribution in [0, 0.1) is 29.6 Å². The van der Waals surface area contributed by atoms with E-state index in [4.69, 9.17) is 0 Å². The highest BCUT2D eigenvalue weighted by Gasteiger charge is 2.53. The SMILES string of the molecule is CC1CCC([NH+]2CC[NH+](C3C4CC5CC(C4)CC3C5)CC2)CC1. The van der Waals surface area contributed by atoms with Crippen molar-refractivity contribution in [3.8, 4) is 0 Å². The summed E-state index contributed by atoms with van der Waals surface area (Å²) < 4.78 is 0. The van der Waals surface area contributed by atoms with Crippen molar-refractivity contribution in [2.45, 2.75) is 76.8 Å². The average molecular weight is 319 g/mol. The number of nitrogens with one attached hydrogen (secondary N) is 2. The first-order chi connectivity index (χ1) is 11.3. The van der Waals surface area contributed by atoms with Gasteiger partial charge in [-0.3, -0.25) is 0 Å². The van der Waals surface area contributed by atoms with E-state index in [1.54, 1.807) is 32.1 Å². The van der Waals surface area contributed by atoms with Crippen LogP contribution in [0.4, 0.5) is 0 Å². The summed E-state index contributed by atoms with van der Waals surface area (Å²) in [4.78, 5) is 4.04. The summed E-state index contributed by atoms with van der Waals surface area (Å²) in [7, 11) is 0. The Bertz CT molecular complexity index is 390. The Hall–Kier alpha value is -0.0800. The maximum absolute atomic E-state index is 2.46. The molecule has 4 bridgehead atoms. The third-order valence-corrected chi connectivity index (χ3v) is 8.83. The Labute approximate surface area is 143 Å². The minimum atomic E-state index is 1.01. The quantitative estimate of drug-likeness (QED) is 0.756. The predicted molar refractivity (Wildman–Crippen MR) is 93.6 cm³/mol. The Balaban J connectivity index is 1.19. The molecule has 0 unspecified atom stereocenters. The van der Waals surface area contributed by atoms with E-state index in [-0.39, 0.29) is 0 Å². The highest BCUT2D eigenvalue weighted by Crippen LogP contribution is 2.52. The monoisotopic (exact) mass is 318 g/mol. The van der Waals surface area contributed by atoms with Gasteiger partial charge in [-0.2, -0.15) is 0 Å². The number of rotatable bonds is 2. The first-order valence-corrected chi connectivity index (χ1v) is 11.0. The van der Waals surface area contributed by atoms with Gasteiger partial charge >= 0.3 is 0 Å². The van der Waals surface area contributed by atoms with E-state index < -0.39 is 0 Å². The Kier molecular flexibility index (Phi) is 3.98. The summed E-state index contributed by atoms with van der Waals surface area (Å²) >= 11 is 0. The standard InChI is InChI=1S/C21H36N2/c1-15-2-4-20(5-3-15)22-6-8-23(9-7-22)21-18-11-16-10-17(13-18)14-19(21)12-16/h15-21H,2-14H2,1H3/p+2. The van der Waals surface area contributed by atoms with Crippen LogP contribution in [0.1, 0.15) is 64.7 Å². The van der Waals surface area contributed by atoms with Gasteiger partial charge in [0.25, 0.3) is 0 Å². The zero-order chi connectivity index (χ0) is 15.4. The summed E-state index contributed by atoms with van der Waals surface area (Å²) in [5, 5.41) is 0. The molecule has 1 saturated heterocycles. The normalized spacial score (nSPS) is 56.0. The van der Waals surface area contributed by atoms with Crippen LogP contribution in [-0.2, 0) is 0 Å². The van der Waals surface area contributed by atoms with Crippen molar-refractivity contribution in [1.29, 1.82) is 0 Å². The van der Waals surface area contributed by atoms with E-state index in [2.05, 4.69) is 6.92 Å². The zero-order valence-corrected chi connectivity index (χ0v) is 15.2. The van der Waals surface area contributed by atoms with Gasteiger partial charge in [0.05, 0.1) is 12.1 Å². The molecule has 1 aliphatic heterocycles. The fraction of sp³-hybridized carbons (Fsp3) is 1.00. The molecule has 6 aliphatic rings.